The standard InChI is InChI=1S/C33H48O7Si/c1-8-10-30-11-13-31(14-12-30)32-15-17-33(18-16-32)37-19-9-20-41(38-27(5)21-24(2)34,39-28(6)22-25(3)35)40-29(7)23-26(4)36/h15-18,21-23,30-31H,8-14,19-20H2,1-7H3/t30-,31-,41?. The van der Waals surface area contributed by atoms with E-state index in [0.29, 0.717) is 42.3 Å². The van der Waals surface area contributed by atoms with Gasteiger partial charge >= 0.3 is 8.80 Å². The van der Waals surface area contributed by atoms with Crippen molar-refractivity contribution in [2.75, 3.05) is 6.61 Å². The van der Waals surface area contributed by atoms with Gasteiger partial charge in [0.2, 0.25) is 0 Å². The molecular formula is C33H48O7Si. The number of rotatable bonds is 17. The van der Waals surface area contributed by atoms with Crippen LogP contribution in [0.5, 0.6) is 5.75 Å². The Balaban J connectivity index is 2.12. The maximum absolute atomic E-state index is 11.7. The summed E-state index contributed by atoms with van der Waals surface area (Å²) >= 11 is 0. The third-order valence-corrected chi connectivity index (χ3v) is 9.83. The van der Waals surface area contributed by atoms with Crippen LogP contribution in [-0.4, -0.2) is 32.8 Å². The lowest BCUT2D eigenvalue weighted by molar-refractivity contribution is -0.113. The third-order valence-electron chi connectivity index (χ3n) is 6.96. The number of hydrogen-bond donors (Lipinski definition) is 0. The zero-order chi connectivity index (χ0) is 30.4. The van der Waals surface area contributed by atoms with Crippen molar-refractivity contribution in [1.82, 2.24) is 0 Å². The van der Waals surface area contributed by atoms with Crippen molar-refractivity contribution in [1.29, 1.82) is 0 Å². The molecule has 0 unspecified atom stereocenters. The van der Waals surface area contributed by atoms with E-state index in [-0.39, 0.29) is 17.3 Å². The predicted octanol–water partition coefficient (Wildman–Crippen LogP) is 8.00. The Morgan fingerprint density at radius 1 is 0.756 bits per heavy atom. The van der Waals surface area contributed by atoms with Crippen molar-refractivity contribution in [2.45, 2.75) is 105 Å². The van der Waals surface area contributed by atoms with E-state index in [4.69, 9.17) is 18.0 Å². The van der Waals surface area contributed by atoms with Gasteiger partial charge in [0.1, 0.15) is 5.75 Å². The van der Waals surface area contributed by atoms with E-state index in [1.807, 2.05) is 12.1 Å². The smallest absolute Gasteiger partial charge is 0.494 e. The van der Waals surface area contributed by atoms with Gasteiger partial charge < -0.3 is 18.0 Å². The van der Waals surface area contributed by atoms with Gasteiger partial charge in [0.05, 0.1) is 29.9 Å². The topological polar surface area (TPSA) is 88.1 Å². The molecule has 0 N–H and O–H groups in total. The lowest BCUT2D eigenvalue weighted by Crippen LogP contribution is -2.45. The molecule has 0 radical (unpaired) electrons. The second-order valence-corrected chi connectivity index (χ2v) is 13.6. The molecule has 1 aromatic carbocycles. The molecule has 8 heteroatoms. The lowest BCUT2D eigenvalue weighted by atomic mass is 9.77. The zero-order valence-electron chi connectivity index (χ0n) is 25.9. The monoisotopic (exact) mass is 584 g/mol. The normalized spacial score (nSPS) is 19.6. The Bertz CT molecular complexity index is 1030. The van der Waals surface area contributed by atoms with Gasteiger partial charge in [0.25, 0.3) is 0 Å². The summed E-state index contributed by atoms with van der Waals surface area (Å²) in [5.41, 5.74) is 1.38. The summed E-state index contributed by atoms with van der Waals surface area (Å²) in [5.74, 6) is 2.74. The van der Waals surface area contributed by atoms with Crippen LogP contribution in [-0.2, 0) is 27.7 Å². The van der Waals surface area contributed by atoms with E-state index >= 15 is 0 Å². The third kappa shape index (κ3) is 12.9. The molecule has 0 saturated heterocycles. The van der Waals surface area contributed by atoms with Gasteiger partial charge in [0, 0.05) is 18.2 Å². The number of benzene rings is 1. The molecule has 0 amide bonds. The molecule has 0 spiro atoms. The van der Waals surface area contributed by atoms with Gasteiger partial charge in [0.15, 0.2) is 17.3 Å². The predicted molar refractivity (Wildman–Crippen MR) is 163 cm³/mol. The summed E-state index contributed by atoms with van der Waals surface area (Å²) < 4.78 is 24.6. The SMILES string of the molecule is CCC[C@H]1CC[C@H](c2ccc(OCCC[Si](OC(C)=CC(C)=O)(OC(C)=CC(C)=O)OC(C)=CC(C)=O)cc2)CC1. The van der Waals surface area contributed by atoms with E-state index in [2.05, 4.69) is 19.1 Å². The van der Waals surface area contributed by atoms with E-state index < -0.39 is 8.80 Å². The molecule has 1 fully saturated rings. The fourth-order valence-electron chi connectivity index (χ4n) is 5.41. The Labute approximate surface area is 247 Å². The summed E-state index contributed by atoms with van der Waals surface area (Å²) in [6.07, 6.45) is 12.3. The van der Waals surface area contributed by atoms with Crippen molar-refractivity contribution in [3.05, 3.63) is 65.3 Å². The highest BCUT2D eigenvalue weighted by molar-refractivity contribution is 6.61. The van der Waals surface area contributed by atoms with E-state index in [1.165, 1.54) is 83.1 Å². The van der Waals surface area contributed by atoms with Gasteiger partial charge in [-0.05, 0) is 103 Å². The second kappa shape index (κ2) is 17.0. The Hall–Kier alpha value is -3.13. The van der Waals surface area contributed by atoms with Crippen LogP contribution in [0.2, 0.25) is 6.04 Å². The highest BCUT2D eigenvalue weighted by Crippen LogP contribution is 2.38. The van der Waals surface area contributed by atoms with Crippen molar-refractivity contribution in [3.63, 3.8) is 0 Å². The van der Waals surface area contributed by atoms with Crippen molar-refractivity contribution >= 4 is 26.2 Å². The number of hydrogen-bond acceptors (Lipinski definition) is 7. The van der Waals surface area contributed by atoms with Gasteiger partial charge in [-0.25, -0.2) is 0 Å². The van der Waals surface area contributed by atoms with Crippen LogP contribution in [0.25, 0.3) is 0 Å². The Morgan fingerprint density at radius 2 is 1.22 bits per heavy atom. The van der Waals surface area contributed by atoms with Gasteiger partial charge in [-0.3, -0.25) is 14.4 Å². The highest BCUT2D eigenvalue weighted by Gasteiger charge is 2.49. The maximum atomic E-state index is 11.7. The van der Waals surface area contributed by atoms with Gasteiger partial charge in [-0.2, -0.15) is 0 Å². The number of carbonyl (C=O) groups is 3. The van der Waals surface area contributed by atoms with Crippen molar-refractivity contribution in [3.8, 4) is 5.75 Å². The number of carbonyl (C=O) groups excluding carboxylic acids is 3. The van der Waals surface area contributed by atoms with Gasteiger partial charge in [-0.15, -0.1) is 0 Å². The molecule has 2 rings (SSSR count). The average molecular weight is 585 g/mol. The first kappa shape index (κ1) is 34.1. The van der Waals surface area contributed by atoms with Crippen LogP contribution in [0.4, 0.5) is 0 Å². The molecule has 0 aromatic heterocycles. The van der Waals surface area contributed by atoms with Crippen LogP contribution < -0.4 is 4.74 Å². The lowest BCUT2D eigenvalue weighted by Gasteiger charge is -2.31. The average Bonchev–Trinajstić information content (AvgIpc) is 2.86. The molecule has 0 atom stereocenters. The Morgan fingerprint density at radius 3 is 1.63 bits per heavy atom. The molecule has 0 bridgehead atoms. The second-order valence-electron chi connectivity index (χ2n) is 11.1. The van der Waals surface area contributed by atoms with Crippen LogP contribution in [0, 0.1) is 5.92 Å². The maximum Gasteiger partial charge on any atom is 0.698 e. The molecule has 7 nitrogen and oxygen atoms in total. The zero-order valence-corrected chi connectivity index (χ0v) is 26.9. The summed E-state index contributed by atoms with van der Waals surface area (Å²) in [5, 5.41) is 0. The van der Waals surface area contributed by atoms with Crippen molar-refractivity contribution in [2.24, 2.45) is 5.92 Å². The molecule has 1 aliphatic rings. The van der Waals surface area contributed by atoms with Gasteiger partial charge in [-0.1, -0.05) is 31.9 Å². The fourth-order valence-corrected chi connectivity index (χ4v) is 8.06. The number of ketones is 3. The molecule has 0 aliphatic heterocycles. The van der Waals surface area contributed by atoms with Crippen molar-refractivity contribution < 1.29 is 32.4 Å². The first-order valence-corrected chi connectivity index (χ1v) is 16.7. The van der Waals surface area contributed by atoms with E-state index in [1.54, 1.807) is 20.8 Å². The van der Waals surface area contributed by atoms with Crippen LogP contribution in [0.15, 0.2) is 59.8 Å². The quantitative estimate of drug-likeness (QED) is 0.0793. The van der Waals surface area contributed by atoms with Crippen LogP contribution >= 0.6 is 0 Å². The summed E-state index contributed by atoms with van der Waals surface area (Å²) in [4.78, 5) is 35.1. The summed E-state index contributed by atoms with van der Waals surface area (Å²) in [6.45, 7) is 11.9. The molecule has 1 saturated carbocycles. The number of allylic oxidation sites excluding steroid dienone is 6. The summed E-state index contributed by atoms with van der Waals surface area (Å²) in [7, 11) is -3.61. The highest BCUT2D eigenvalue weighted by atomic mass is 28.4. The first-order valence-electron chi connectivity index (χ1n) is 14.8. The largest absolute Gasteiger partial charge is 0.698 e. The first-order chi connectivity index (χ1) is 19.4. The molecule has 226 valence electrons. The number of ether oxygens (including phenoxy) is 1. The molecule has 41 heavy (non-hydrogen) atoms. The summed E-state index contributed by atoms with van der Waals surface area (Å²) in [6, 6.07) is 8.73. The molecule has 1 aromatic rings. The van der Waals surface area contributed by atoms with Crippen LogP contribution in [0.1, 0.15) is 105 Å². The van der Waals surface area contributed by atoms with E-state index in [9.17, 15) is 14.4 Å². The molecular weight excluding hydrogens is 536 g/mol. The minimum absolute atomic E-state index is 0.182. The minimum Gasteiger partial charge on any atom is -0.494 e. The van der Waals surface area contributed by atoms with Crippen LogP contribution in [0.3, 0.4) is 0 Å². The van der Waals surface area contributed by atoms with E-state index in [0.717, 1.165) is 11.7 Å². The fraction of sp³-hybridized carbons (Fsp3) is 0.545. The molecule has 0 heterocycles. The Kier molecular flexibility index (Phi) is 14.1. The minimum atomic E-state index is -3.61. The molecule has 1 aliphatic carbocycles.